The van der Waals surface area contributed by atoms with Gasteiger partial charge in [-0.3, -0.25) is 0 Å². The third-order valence-electron chi connectivity index (χ3n) is 2.24. The van der Waals surface area contributed by atoms with Gasteiger partial charge in [0.05, 0.1) is 6.67 Å². The van der Waals surface area contributed by atoms with Crippen molar-refractivity contribution < 1.29 is 0 Å². The molecule has 0 fully saturated rings. The van der Waals surface area contributed by atoms with Crippen molar-refractivity contribution in [3.05, 3.63) is 23.4 Å². The topological polar surface area (TPSA) is 29.3 Å². The van der Waals surface area contributed by atoms with Crippen molar-refractivity contribution in [2.45, 2.75) is 26.7 Å². The van der Waals surface area contributed by atoms with Crippen LogP contribution in [0.3, 0.4) is 0 Å². The minimum Gasteiger partial charge on any atom is -0.359 e. The molecule has 2 nitrogen and oxygen atoms in total. The molecule has 2 heteroatoms. The van der Waals surface area contributed by atoms with Crippen LogP contribution in [0, 0.1) is 0 Å². The highest BCUT2D eigenvalue weighted by atomic mass is 15.2. The van der Waals surface area contributed by atoms with E-state index in [1.54, 1.807) is 0 Å². The van der Waals surface area contributed by atoms with E-state index in [2.05, 4.69) is 30.9 Å². The summed E-state index contributed by atoms with van der Waals surface area (Å²) in [6, 6.07) is 0. The molecule has 0 aliphatic carbocycles. The average Bonchev–Trinajstić information content (AvgIpc) is 2.09. The van der Waals surface area contributed by atoms with E-state index in [9.17, 15) is 0 Å². The van der Waals surface area contributed by atoms with Gasteiger partial charge in [0, 0.05) is 12.2 Å². The van der Waals surface area contributed by atoms with E-state index in [-0.39, 0.29) is 0 Å². The predicted octanol–water partition coefficient (Wildman–Crippen LogP) is 1.85. The second-order valence-electron chi connectivity index (χ2n) is 3.26. The van der Waals surface area contributed by atoms with Crippen LogP contribution in [0.5, 0.6) is 0 Å². The van der Waals surface area contributed by atoms with Gasteiger partial charge >= 0.3 is 0 Å². The molecule has 0 aromatic heterocycles. The molecule has 0 unspecified atom stereocenters. The first kappa shape index (κ1) is 9.33. The minimum absolute atomic E-state index is 0.628. The number of rotatable bonds is 3. The average molecular weight is 166 g/mol. The number of allylic oxidation sites excluding steroid dienone is 3. The Morgan fingerprint density at radius 1 is 1.50 bits per heavy atom. The smallest absolute Gasteiger partial charge is 0.0657 e. The molecule has 0 atom stereocenters. The summed E-state index contributed by atoms with van der Waals surface area (Å²) in [6.07, 6.45) is 6.80. The maximum Gasteiger partial charge on any atom is 0.0657 e. The summed E-state index contributed by atoms with van der Waals surface area (Å²) >= 11 is 0. The Balaban J connectivity index is 2.59. The van der Waals surface area contributed by atoms with Crippen LogP contribution in [-0.4, -0.2) is 18.1 Å². The van der Waals surface area contributed by atoms with E-state index < -0.39 is 0 Å². The number of nitrogens with zero attached hydrogens (tertiary/aromatic N) is 1. The summed E-state index contributed by atoms with van der Waals surface area (Å²) in [5.41, 5.74) is 8.38. The molecule has 12 heavy (non-hydrogen) atoms. The maximum absolute atomic E-state index is 5.61. The number of hydrogen-bond acceptors (Lipinski definition) is 2. The van der Waals surface area contributed by atoms with E-state index >= 15 is 0 Å². The summed E-state index contributed by atoms with van der Waals surface area (Å²) < 4.78 is 0. The Labute approximate surface area is 74.7 Å². The molecule has 2 N–H and O–H groups in total. The van der Waals surface area contributed by atoms with Crippen molar-refractivity contribution in [3.63, 3.8) is 0 Å². The summed E-state index contributed by atoms with van der Waals surface area (Å²) in [7, 11) is 0. The Morgan fingerprint density at radius 2 is 2.25 bits per heavy atom. The maximum atomic E-state index is 5.61. The standard InChI is InChI=1S/C10H18N2/c1-3-4-10-6-5-9(2)12(7-10)8-11/h5-6H,3-4,7-8,11H2,1-2H3. The van der Waals surface area contributed by atoms with Crippen LogP contribution in [0.15, 0.2) is 23.4 Å². The second-order valence-corrected chi connectivity index (χ2v) is 3.26. The van der Waals surface area contributed by atoms with Gasteiger partial charge < -0.3 is 10.6 Å². The highest BCUT2D eigenvalue weighted by Gasteiger charge is 2.09. The highest BCUT2D eigenvalue weighted by molar-refractivity contribution is 5.23. The van der Waals surface area contributed by atoms with E-state index in [0.717, 1.165) is 6.54 Å². The molecule has 1 aliphatic rings. The molecule has 0 aromatic carbocycles. The molecular formula is C10H18N2. The third kappa shape index (κ3) is 2.11. The molecular weight excluding hydrogens is 148 g/mol. The van der Waals surface area contributed by atoms with Gasteiger partial charge in [0.2, 0.25) is 0 Å². The number of nitrogens with two attached hydrogens (primary N) is 1. The summed E-state index contributed by atoms with van der Waals surface area (Å²) in [5, 5.41) is 0. The van der Waals surface area contributed by atoms with Gasteiger partial charge in [0.25, 0.3) is 0 Å². The molecule has 0 radical (unpaired) electrons. The van der Waals surface area contributed by atoms with Crippen molar-refractivity contribution in [1.29, 1.82) is 0 Å². The van der Waals surface area contributed by atoms with Crippen LogP contribution >= 0.6 is 0 Å². The Kier molecular flexibility index (Phi) is 3.35. The van der Waals surface area contributed by atoms with Crippen LogP contribution in [-0.2, 0) is 0 Å². The van der Waals surface area contributed by atoms with Gasteiger partial charge in [-0.2, -0.15) is 0 Å². The molecule has 1 rings (SSSR count). The fraction of sp³-hybridized carbons (Fsp3) is 0.600. The van der Waals surface area contributed by atoms with Crippen molar-refractivity contribution in [1.82, 2.24) is 4.90 Å². The summed E-state index contributed by atoms with van der Waals surface area (Å²) in [6.45, 7) is 5.96. The molecule has 0 spiro atoms. The van der Waals surface area contributed by atoms with Crippen molar-refractivity contribution >= 4 is 0 Å². The lowest BCUT2D eigenvalue weighted by Gasteiger charge is -2.27. The summed E-state index contributed by atoms with van der Waals surface area (Å²) in [4.78, 5) is 2.20. The van der Waals surface area contributed by atoms with Gasteiger partial charge in [-0.25, -0.2) is 0 Å². The quantitative estimate of drug-likeness (QED) is 0.693. The van der Waals surface area contributed by atoms with Gasteiger partial charge in [0.1, 0.15) is 0 Å². The van der Waals surface area contributed by atoms with Crippen LogP contribution in [0.4, 0.5) is 0 Å². The van der Waals surface area contributed by atoms with Gasteiger partial charge in [-0.05, 0) is 19.4 Å². The van der Waals surface area contributed by atoms with Crippen molar-refractivity contribution in [2.24, 2.45) is 5.73 Å². The molecule has 0 aromatic rings. The van der Waals surface area contributed by atoms with Crippen molar-refractivity contribution in [2.75, 3.05) is 13.2 Å². The van der Waals surface area contributed by atoms with Crippen LogP contribution in [0.1, 0.15) is 26.7 Å². The zero-order valence-electron chi connectivity index (χ0n) is 8.01. The fourth-order valence-electron chi connectivity index (χ4n) is 1.46. The lowest BCUT2D eigenvalue weighted by atomic mass is 10.1. The minimum atomic E-state index is 0.628. The monoisotopic (exact) mass is 166 g/mol. The SMILES string of the molecule is CCCC1=CC=C(C)N(CN)C1. The second kappa shape index (κ2) is 4.31. The zero-order valence-corrected chi connectivity index (χ0v) is 8.01. The van der Waals surface area contributed by atoms with Crippen LogP contribution in [0.25, 0.3) is 0 Å². The zero-order chi connectivity index (χ0) is 8.97. The van der Waals surface area contributed by atoms with E-state index in [1.807, 2.05) is 0 Å². The third-order valence-corrected chi connectivity index (χ3v) is 2.24. The lowest BCUT2D eigenvalue weighted by Crippen LogP contribution is -2.31. The molecule has 0 amide bonds. The van der Waals surface area contributed by atoms with Gasteiger partial charge in [-0.1, -0.05) is 25.0 Å². The molecule has 0 bridgehead atoms. The number of hydrogen-bond donors (Lipinski definition) is 1. The molecule has 68 valence electrons. The first-order chi connectivity index (χ1) is 5.77. The largest absolute Gasteiger partial charge is 0.359 e. The fourth-order valence-corrected chi connectivity index (χ4v) is 1.46. The van der Waals surface area contributed by atoms with Crippen molar-refractivity contribution in [3.8, 4) is 0 Å². The predicted molar refractivity (Wildman–Crippen MR) is 52.5 cm³/mol. The van der Waals surface area contributed by atoms with Crippen LogP contribution < -0.4 is 5.73 Å². The Bertz CT molecular complexity index is 204. The highest BCUT2D eigenvalue weighted by Crippen LogP contribution is 2.16. The van der Waals surface area contributed by atoms with E-state index in [1.165, 1.54) is 24.1 Å². The molecule has 0 saturated heterocycles. The first-order valence-corrected chi connectivity index (χ1v) is 4.59. The molecule has 1 heterocycles. The lowest BCUT2D eigenvalue weighted by molar-refractivity contribution is 0.374. The van der Waals surface area contributed by atoms with E-state index in [4.69, 9.17) is 5.73 Å². The van der Waals surface area contributed by atoms with Gasteiger partial charge in [-0.15, -0.1) is 0 Å². The molecule has 0 saturated carbocycles. The van der Waals surface area contributed by atoms with Crippen LogP contribution in [0.2, 0.25) is 0 Å². The van der Waals surface area contributed by atoms with Gasteiger partial charge in [0.15, 0.2) is 0 Å². The molecule has 1 aliphatic heterocycles. The Morgan fingerprint density at radius 3 is 2.83 bits per heavy atom. The normalized spacial score (nSPS) is 17.4. The first-order valence-electron chi connectivity index (χ1n) is 4.59. The Hall–Kier alpha value is -0.760. The van der Waals surface area contributed by atoms with E-state index in [0.29, 0.717) is 6.67 Å². The summed E-state index contributed by atoms with van der Waals surface area (Å²) in [5.74, 6) is 0.